The number of rotatable bonds is 7. The zero-order valence-corrected chi connectivity index (χ0v) is 16.0. The lowest BCUT2D eigenvalue weighted by Crippen LogP contribution is -2.39. The molecular weight excluding hydrogens is 342 g/mol. The van der Waals surface area contributed by atoms with Crippen LogP contribution in [0.25, 0.3) is 5.69 Å². The average molecular weight is 368 g/mol. The highest BCUT2D eigenvalue weighted by Gasteiger charge is 2.07. The second-order valence-electron chi connectivity index (χ2n) is 6.20. The van der Waals surface area contributed by atoms with Crippen LogP contribution in [0.2, 0.25) is 0 Å². The highest BCUT2D eigenvalue weighted by atomic mass is 32.1. The van der Waals surface area contributed by atoms with Crippen molar-refractivity contribution in [1.82, 2.24) is 20.4 Å². The molecular formula is C20H25N5S. The first-order valence-electron chi connectivity index (χ1n) is 8.82. The summed E-state index contributed by atoms with van der Waals surface area (Å²) < 4.78 is 1.86. The van der Waals surface area contributed by atoms with E-state index < -0.39 is 0 Å². The van der Waals surface area contributed by atoms with Gasteiger partial charge in [0.1, 0.15) is 0 Å². The van der Waals surface area contributed by atoms with Crippen molar-refractivity contribution in [1.29, 1.82) is 0 Å². The summed E-state index contributed by atoms with van der Waals surface area (Å²) in [5, 5.41) is 15.4. The summed E-state index contributed by atoms with van der Waals surface area (Å²) in [6, 6.07) is 12.6. The molecule has 1 aromatic carbocycles. The third-order valence-electron chi connectivity index (χ3n) is 4.32. The molecule has 136 valence electrons. The van der Waals surface area contributed by atoms with Crippen LogP contribution in [0.3, 0.4) is 0 Å². The standard InChI is InChI=1S/C20H25N5S/c1-16(18-9-13-26-15-18)14-23-20(21-2)22-11-8-17-4-6-19(7-5-17)25-12-3-10-24-25/h3-7,9-10,12-13,15-16H,8,11,14H2,1-2H3,(H2,21,22,23). The van der Waals surface area contributed by atoms with Crippen LogP contribution in [0.1, 0.15) is 24.0 Å². The fourth-order valence-electron chi connectivity index (χ4n) is 2.71. The van der Waals surface area contributed by atoms with Crippen molar-refractivity contribution in [2.45, 2.75) is 19.3 Å². The molecule has 0 saturated heterocycles. The van der Waals surface area contributed by atoms with E-state index in [4.69, 9.17) is 0 Å². The van der Waals surface area contributed by atoms with Crippen LogP contribution in [0, 0.1) is 0 Å². The summed E-state index contributed by atoms with van der Waals surface area (Å²) in [6.07, 6.45) is 4.68. The Labute approximate surface area is 158 Å². The van der Waals surface area contributed by atoms with Crippen LogP contribution in [-0.4, -0.2) is 35.9 Å². The van der Waals surface area contributed by atoms with Gasteiger partial charge in [0.05, 0.1) is 5.69 Å². The minimum Gasteiger partial charge on any atom is -0.356 e. The lowest BCUT2D eigenvalue weighted by molar-refractivity contribution is 0.700. The highest BCUT2D eigenvalue weighted by Crippen LogP contribution is 2.17. The van der Waals surface area contributed by atoms with Crippen LogP contribution in [0.5, 0.6) is 0 Å². The predicted molar refractivity (Wildman–Crippen MR) is 109 cm³/mol. The molecule has 3 rings (SSSR count). The second-order valence-corrected chi connectivity index (χ2v) is 6.98. The fraction of sp³-hybridized carbons (Fsp3) is 0.300. The minimum absolute atomic E-state index is 0.467. The summed E-state index contributed by atoms with van der Waals surface area (Å²) in [5.74, 6) is 1.31. The molecule has 0 bridgehead atoms. The van der Waals surface area contributed by atoms with E-state index in [0.717, 1.165) is 31.2 Å². The zero-order valence-electron chi connectivity index (χ0n) is 15.2. The van der Waals surface area contributed by atoms with Crippen molar-refractivity contribution in [3.05, 3.63) is 70.7 Å². The maximum atomic E-state index is 4.31. The first-order chi connectivity index (χ1) is 12.8. The normalized spacial score (nSPS) is 12.8. The van der Waals surface area contributed by atoms with E-state index in [-0.39, 0.29) is 0 Å². The molecule has 1 atom stereocenters. The summed E-state index contributed by atoms with van der Waals surface area (Å²) in [5.41, 5.74) is 3.73. The molecule has 0 aliphatic heterocycles. The summed E-state index contributed by atoms with van der Waals surface area (Å²) in [6.45, 7) is 3.94. The molecule has 2 N–H and O–H groups in total. The Morgan fingerprint density at radius 1 is 1.23 bits per heavy atom. The van der Waals surface area contributed by atoms with Gasteiger partial charge in [0.15, 0.2) is 5.96 Å². The highest BCUT2D eigenvalue weighted by molar-refractivity contribution is 7.07. The van der Waals surface area contributed by atoms with E-state index in [2.05, 4.69) is 68.7 Å². The van der Waals surface area contributed by atoms with Gasteiger partial charge >= 0.3 is 0 Å². The number of thiophene rings is 1. The van der Waals surface area contributed by atoms with Gasteiger partial charge in [-0.25, -0.2) is 4.68 Å². The number of guanidine groups is 1. The predicted octanol–water partition coefficient (Wildman–Crippen LogP) is 3.45. The van der Waals surface area contributed by atoms with Crippen molar-refractivity contribution >= 4 is 17.3 Å². The molecule has 2 heterocycles. The van der Waals surface area contributed by atoms with Gasteiger partial charge in [0.2, 0.25) is 0 Å². The monoisotopic (exact) mass is 367 g/mol. The molecule has 3 aromatic rings. The number of nitrogens with zero attached hydrogens (tertiary/aromatic N) is 3. The van der Waals surface area contributed by atoms with Gasteiger partial charge in [-0.2, -0.15) is 16.4 Å². The zero-order chi connectivity index (χ0) is 18.2. The molecule has 1 unspecified atom stereocenters. The maximum Gasteiger partial charge on any atom is 0.191 e. The minimum atomic E-state index is 0.467. The van der Waals surface area contributed by atoms with Gasteiger partial charge in [-0.3, -0.25) is 4.99 Å². The molecule has 0 amide bonds. The molecule has 6 heteroatoms. The van der Waals surface area contributed by atoms with E-state index in [9.17, 15) is 0 Å². The van der Waals surface area contributed by atoms with E-state index in [1.54, 1.807) is 17.5 Å². The summed E-state index contributed by atoms with van der Waals surface area (Å²) >= 11 is 1.74. The SMILES string of the molecule is CN=C(NCCc1ccc(-n2cccn2)cc1)NCC(C)c1ccsc1. The van der Waals surface area contributed by atoms with Crippen molar-refractivity contribution in [3.8, 4) is 5.69 Å². The van der Waals surface area contributed by atoms with Crippen molar-refractivity contribution in [2.75, 3.05) is 20.1 Å². The number of hydrogen-bond acceptors (Lipinski definition) is 3. The lowest BCUT2D eigenvalue weighted by Gasteiger charge is -2.15. The summed E-state index contributed by atoms with van der Waals surface area (Å²) in [4.78, 5) is 4.31. The Hall–Kier alpha value is -2.60. The van der Waals surface area contributed by atoms with Crippen LogP contribution in [0.4, 0.5) is 0 Å². The Morgan fingerprint density at radius 3 is 2.73 bits per heavy atom. The molecule has 0 radical (unpaired) electrons. The van der Waals surface area contributed by atoms with Crippen molar-refractivity contribution in [3.63, 3.8) is 0 Å². The van der Waals surface area contributed by atoms with Crippen molar-refractivity contribution in [2.24, 2.45) is 4.99 Å². The Morgan fingerprint density at radius 2 is 2.08 bits per heavy atom. The van der Waals surface area contributed by atoms with E-state index >= 15 is 0 Å². The lowest BCUT2D eigenvalue weighted by atomic mass is 10.1. The van der Waals surface area contributed by atoms with Crippen LogP contribution in [0.15, 0.2) is 64.5 Å². The average Bonchev–Trinajstić information content (AvgIpc) is 3.39. The van der Waals surface area contributed by atoms with Gasteiger partial charge in [-0.05, 0) is 58.5 Å². The van der Waals surface area contributed by atoms with Gasteiger partial charge in [-0.1, -0.05) is 19.1 Å². The molecule has 26 heavy (non-hydrogen) atoms. The molecule has 0 aliphatic rings. The maximum absolute atomic E-state index is 4.31. The third kappa shape index (κ3) is 4.95. The van der Waals surface area contributed by atoms with Gasteiger partial charge in [-0.15, -0.1) is 0 Å². The molecule has 0 spiro atoms. The smallest absolute Gasteiger partial charge is 0.191 e. The van der Waals surface area contributed by atoms with Crippen molar-refractivity contribution < 1.29 is 0 Å². The van der Waals surface area contributed by atoms with Crippen LogP contribution >= 0.6 is 11.3 Å². The van der Waals surface area contributed by atoms with Crippen LogP contribution < -0.4 is 10.6 Å². The summed E-state index contributed by atoms with van der Waals surface area (Å²) in [7, 11) is 1.81. The molecule has 0 saturated carbocycles. The Bertz CT molecular complexity index is 791. The number of nitrogens with one attached hydrogen (secondary N) is 2. The number of benzene rings is 1. The molecule has 2 aromatic heterocycles. The van der Waals surface area contributed by atoms with E-state index in [0.29, 0.717) is 5.92 Å². The fourth-order valence-corrected chi connectivity index (χ4v) is 3.49. The second kappa shape index (κ2) is 9.20. The van der Waals surface area contributed by atoms with E-state index in [1.807, 2.05) is 24.0 Å². The number of aliphatic imine (C=N–C) groups is 1. The van der Waals surface area contributed by atoms with Gasteiger partial charge < -0.3 is 10.6 Å². The Balaban J connectivity index is 1.43. The molecule has 0 aliphatic carbocycles. The van der Waals surface area contributed by atoms with Crippen LogP contribution in [-0.2, 0) is 6.42 Å². The number of hydrogen-bond donors (Lipinski definition) is 2. The third-order valence-corrected chi connectivity index (χ3v) is 5.02. The topological polar surface area (TPSA) is 54.2 Å². The first kappa shape index (κ1) is 18.2. The Kier molecular flexibility index (Phi) is 6.44. The molecule has 5 nitrogen and oxygen atoms in total. The van der Waals surface area contributed by atoms with E-state index in [1.165, 1.54) is 11.1 Å². The first-order valence-corrected chi connectivity index (χ1v) is 9.76. The molecule has 0 fully saturated rings. The quantitative estimate of drug-likeness (QED) is 0.497. The van der Waals surface area contributed by atoms with Gasteiger partial charge in [0, 0.05) is 32.5 Å². The largest absolute Gasteiger partial charge is 0.356 e. The van der Waals surface area contributed by atoms with Gasteiger partial charge in [0.25, 0.3) is 0 Å². The number of aromatic nitrogens is 2.